The standard InChI is InChI=1S/C16H25N5O/c1-3-21-16(17-12-18-21)13(2)19-14-6-8-20(9-7-14)11-15-5-4-10-22-15/h4-5,10,12-14,19H,3,6-9,11H2,1-2H3. The molecular weight excluding hydrogens is 278 g/mol. The zero-order chi connectivity index (χ0) is 15.4. The molecule has 1 unspecified atom stereocenters. The number of piperidine rings is 1. The molecule has 1 aliphatic rings. The van der Waals surface area contributed by atoms with Gasteiger partial charge in [-0.1, -0.05) is 0 Å². The van der Waals surface area contributed by atoms with Crippen molar-refractivity contribution >= 4 is 0 Å². The topological polar surface area (TPSA) is 59.1 Å². The summed E-state index contributed by atoms with van der Waals surface area (Å²) in [7, 11) is 0. The predicted molar refractivity (Wildman–Crippen MR) is 84.3 cm³/mol. The molecule has 2 aromatic heterocycles. The number of rotatable bonds is 6. The van der Waals surface area contributed by atoms with Crippen LogP contribution in [-0.2, 0) is 13.1 Å². The highest BCUT2D eigenvalue weighted by Gasteiger charge is 2.22. The van der Waals surface area contributed by atoms with Gasteiger partial charge in [0.15, 0.2) is 0 Å². The highest BCUT2D eigenvalue weighted by Crippen LogP contribution is 2.17. The summed E-state index contributed by atoms with van der Waals surface area (Å²) in [5, 5.41) is 7.95. The lowest BCUT2D eigenvalue weighted by Gasteiger charge is -2.33. The molecule has 0 radical (unpaired) electrons. The Morgan fingerprint density at radius 1 is 1.41 bits per heavy atom. The van der Waals surface area contributed by atoms with E-state index in [2.05, 4.69) is 34.1 Å². The van der Waals surface area contributed by atoms with Crippen LogP contribution in [0.1, 0.15) is 44.3 Å². The highest BCUT2D eigenvalue weighted by atomic mass is 16.3. The number of likely N-dealkylation sites (tertiary alicyclic amines) is 1. The second-order valence-electron chi connectivity index (χ2n) is 5.95. The van der Waals surface area contributed by atoms with Gasteiger partial charge in [-0.25, -0.2) is 9.67 Å². The van der Waals surface area contributed by atoms with Crippen LogP contribution >= 0.6 is 0 Å². The first-order chi connectivity index (χ1) is 10.8. The van der Waals surface area contributed by atoms with Crippen LogP contribution in [0.25, 0.3) is 0 Å². The summed E-state index contributed by atoms with van der Waals surface area (Å²) in [5.74, 6) is 2.08. The van der Waals surface area contributed by atoms with E-state index in [1.807, 2.05) is 16.8 Å². The van der Waals surface area contributed by atoms with Crippen LogP contribution in [0.3, 0.4) is 0 Å². The Labute approximate surface area is 131 Å². The maximum atomic E-state index is 5.43. The molecule has 1 aliphatic heterocycles. The Kier molecular flexibility index (Phi) is 4.90. The smallest absolute Gasteiger partial charge is 0.143 e. The molecule has 0 aromatic carbocycles. The molecule has 0 aliphatic carbocycles. The molecule has 1 atom stereocenters. The molecule has 0 bridgehead atoms. The average molecular weight is 303 g/mol. The van der Waals surface area contributed by atoms with Crippen molar-refractivity contribution in [2.45, 2.75) is 51.9 Å². The van der Waals surface area contributed by atoms with Gasteiger partial charge < -0.3 is 9.73 Å². The molecule has 22 heavy (non-hydrogen) atoms. The van der Waals surface area contributed by atoms with Gasteiger partial charge in [0, 0.05) is 25.7 Å². The summed E-state index contributed by atoms with van der Waals surface area (Å²) in [6.45, 7) is 8.25. The Morgan fingerprint density at radius 2 is 2.23 bits per heavy atom. The highest BCUT2D eigenvalue weighted by molar-refractivity contribution is 4.99. The van der Waals surface area contributed by atoms with Crippen molar-refractivity contribution in [3.63, 3.8) is 0 Å². The van der Waals surface area contributed by atoms with Crippen molar-refractivity contribution in [3.05, 3.63) is 36.3 Å². The molecule has 0 spiro atoms. The molecule has 1 saturated heterocycles. The molecule has 3 rings (SSSR count). The zero-order valence-electron chi connectivity index (χ0n) is 13.4. The van der Waals surface area contributed by atoms with Crippen LogP contribution in [0.4, 0.5) is 0 Å². The normalized spacial score (nSPS) is 18.6. The van der Waals surface area contributed by atoms with Gasteiger partial charge in [-0.3, -0.25) is 4.90 Å². The minimum Gasteiger partial charge on any atom is -0.468 e. The zero-order valence-corrected chi connectivity index (χ0v) is 13.4. The van der Waals surface area contributed by atoms with E-state index in [0.29, 0.717) is 6.04 Å². The first-order valence-electron chi connectivity index (χ1n) is 8.14. The van der Waals surface area contributed by atoms with Crippen LogP contribution in [0.2, 0.25) is 0 Å². The number of furan rings is 1. The second-order valence-corrected chi connectivity index (χ2v) is 5.95. The summed E-state index contributed by atoms with van der Waals surface area (Å²) in [5.41, 5.74) is 0. The Bertz CT molecular complexity index is 557. The van der Waals surface area contributed by atoms with Gasteiger partial charge in [0.1, 0.15) is 17.9 Å². The summed E-state index contributed by atoms with van der Waals surface area (Å²) >= 11 is 0. The number of aromatic nitrogens is 3. The summed E-state index contributed by atoms with van der Waals surface area (Å²) in [4.78, 5) is 6.84. The predicted octanol–water partition coefficient (Wildman–Crippen LogP) is 2.21. The summed E-state index contributed by atoms with van der Waals surface area (Å²) in [6, 6.07) is 4.79. The number of nitrogens with zero attached hydrogens (tertiary/aromatic N) is 4. The maximum absolute atomic E-state index is 5.43. The summed E-state index contributed by atoms with van der Waals surface area (Å²) in [6.07, 6.45) is 5.70. The van der Waals surface area contributed by atoms with Crippen molar-refractivity contribution in [2.75, 3.05) is 13.1 Å². The van der Waals surface area contributed by atoms with Gasteiger partial charge in [-0.2, -0.15) is 5.10 Å². The third-order valence-corrected chi connectivity index (χ3v) is 4.37. The fourth-order valence-electron chi connectivity index (χ4n) is 3.16. The molecule has 0 saturated carbocycles. The monoisotopic (exact) mass is 303 g/mol. The Hall–Kier alpha value is -1.66. The molecule has 1 N–H and O–H groups in total. The van der Waals surface area contributed by atoms with Crippen LogP contribution in [0.5, 0.6) is 0 Å². The number of nitrogens with one attached hydrogen (secondary N) is 1. The van der Waals surface area contributed by atoms with E-state index >= 15 is 0 Å². The van der Waals surface area contributed by atoms with Crippen molar-refractivity contribution in [1.82, 2.24) is 25.0 Å². The molecular formula is C16H25N5O. The SMILES string of the molecule is CCn1ncnc1C(C)NC1CCN(Cc2ccco2)CC1. The van der Waals surface area contributed by atoms with E-state index in [9.17, 15) is 0 Å². The molecule has 1 fully saturated rings. The summed E-state index contributed by atoms with van der Waals surface area (Å²) < 4.78 is 7.39. The maximum Gasteiger partial charge on any atom is 0.143 e. The van der Waals surface area contributed by atoms with Gasteiger partial charge in [0.05, 0.1) is 18.8 Å². The first kappa shape index (κ1) is 15.2. The van der Waals surface area contributed by atoms with E-state index in [0.717, 1.165) is 50.6 Å². The molecule has 2 aromatic rings. The van der Waals surface area contributed by atoms with E-state index < -0.39 is 0 Å². The van der Waals surface area contributed by atoms with Gasteiger partial charge in [-0.05, 0) is 38.8 Å². The van der Waals surface area contributed by atoms with Crippen LogP contribution in [0.15, 0.2) is 29.1 Å². The fourth-order valence-corrected chi connectivity index (χ4v) is 3.16. The minimum absolute atomic E-state index is 0.240. The lowest BCUT2D eigenvalue weighted by Crippen LogP contribution is -2.43. The van der Waals surface area contributed by atoms with E-state index in [1.165, 1.54) is 0 Å². The quantitative estimate of drug-likeness (QED) is 0.886. The molecule has 6 heteroatoms. The van der Waals surface area contributed by atoms with Crippen molar-refractivity contribution in [1.29, 1.82) is 0 Å². The fraction of sp³-hybridized carbons (Fsp3) is 0.625. The number of hydrogen-bond donors (Lipinski definition) is 1. The largest absolute Gasteiger partial charge is 0.468 e. The molecule has 3 heterocycles. The average Bonchev–Trinajstić information content (AvgIpc) is 3.20. The van der Waals surface area contributed by atoms with Crippen molar-refractivity contribution in [3.8, 4) is 0 Å². The Morgan fingerprint density at radius 3 is 2.91 bits per heavy atom. The van der Waals surface area contributed by atoms with Crippen molar-refractivity contribution in [2.24, 2.45) is 0 Å². The Balaban J connectivity index is 1.47. The van der Waals surface area contributed by atoms with E-state index in [4.69, 9.17) is 4.42 Å². The third-order valence-electron chi connectivity index (χ3n) is 4.37. The lowest BCUT2D eigenvalue weighted by molar-refractivity contribution is 0.173. The molecule has 0 amide bonds. The number of hydrogen-bond acceptors (Lipinski definition) is 5. The number of aryl methyl sites for hydroxylation is 1. The molecule has 6 nitrogen and oxygen atoms in total. The van der Waals surface area contributed by atoms with Gasteiger partial charge in [0.25, 0.3) is 0 Å². The van der Waals surface area contributed by atoms with E-state index in [-0.39, 0.29) is 6.04 Å². The molecule has 120 valence electrons. The van der Waals surface area contributed by atoms with Gasteiger partial charge in [-0.15, -0.1) is 0 Å². The van der Waals surface area contributed by atoms with Crippen LogP contribution in [0, 0.1) is 0 Å². The van der Waals surface area contributed by atoms with Gasteiger partial charge >= 0.3 is 0 Å². The van der Waals surface area contributed by atoms with Gasteiger partial charge in [0.2, 0.25) is 0 Å². The third kappa shape index (κ3) is 3.56. The van der Waals surface area contributed by atoms with Crippen LogP contribution in [-0.4, -0.2) is 38.8 Å². The lowest BCUT2D eigenvalue weighted by atomic mass is 10.0. The minimum atomic E-state index is 0.240. The van der Waals surface area contributed by atoms with Crippen molar-refractivity contribution < 1.29 is 4.42 Å². The van der Waals surface area contributed by atoms with E-state index in [1.54, 1.807) is 12.6 Å². The van der Waals surface area contributed by atoms with Crippen LogP contribution < -0.4 is 5.32 Å². The first-order valence-corrected chi connectivity index (χ1v) is 8.14. The second kappa shape index (κ2) is 7.07.